The fraction of sp³-hybridized carbons (Fsp3) is 0.417. The lowest BCUT2D eigenvalue weighted by atomic mass is 10.3. The first-order valence-corrected chi connectivity index (χ1v) is 6.33. The Hall–Kier alpha value is -2.51. The lowest BCUT2D eigenvalue weighted by Gasteiger charge is -2.06. The van der Waals surface area contributed by atoms with Crippen molar-refractivity contribution < 1.29 is 9.66 Å². The third kappa shape index (κ3) is 3.50. The van der Waals surface area contributed by atoms with E-state index in [-0.39, 0.29) is 12.3 Å². The van der Waals surface area contributed by atoms with Gasteiger partial charge in [-0.25, -0.2) is 4.68 Å². The molecule has 0 spiro atoms. The van der Waals surface area contributed by atoms with E-state index >= 15 is 0 Å². The zero-order chi connectivity index (χ0) is 14.4. The SMILES string of the molecule is CCCCn1nnnc1COc1ccc([N+](=O)[O-])cc1. The number of nitro benzene ring substituents is 1. The highest BCUT2D eigenvalue weighted by Crippen LogP contribution is 2.18. The van der Waals surface area contributed by atoms with Crippen molar-refractivity contribution in [2.24, 2.45) is 0 Å². The summed E-state index contributed by atoms with van der Waals surface area (Å²) >= 11 is 0. The summed E-state index contributed by atoms with van der Waals surface area (Å²) in [4.78, 5) is 10.1. The van der Waals surface area contributed by atoms with E-state index in [0.717, 1.165) is 19.4 Å². The number of ether oxygens (including phenoxy) is 1. The summed E-state index contributed by atoms with van der Waals surface area (Å²) in [5, 5.41) is 21.9. The van der Waals surface area contributed by atoms with Crippen LogP contribution in [0.2, 0.25) is 0 Å². The topological polar surface area (TPSA) is 96.0 Å². The number of aromatic nitrogens is 4. The highest BCUT2D eigenvalue weighted by molar-refractivity contribution is 5.35. The predicted octanol–water partition coefficient (Wildman–Crippen LogP) is 1.96. The molecular formula is C12H15N5O3. The number of rotatable bonds is 7. The maximum atomic E-state index is 10.5. The van der Waals surface area contributed by atoms with E-state index in [1.54, 1.807) is 16.8 Å². The van der Waals surface area contributed by atoms with Crippen LogP contribution >= 0.6 is 0 Å². The first-order valence-electron chi connectivity index (χ1n) is 6.33. The lowest BCUT2D eigenvalue weighted by molar-refractivity contribution is -0.384. The Morgan fingerprint density at radius 1 is 1.35 bits per heavy atom. The molecule has 1 aromatic carbocycles. The van der Waals surface area contributed by atoms with Crippen molar-refractivity contribution in [2.45, 2.75) is 32.9 Å². The number of hydrogen-bond donors (Lipinski definition) is 0. The van der Waals surface area contributed by atoms with Crippen molar-refractivity contribution >= 4 is 5.69 Å². The number of nitrogens with zero attached hydrogens (tertiary/aromatic N) is 5. The van der Waals surface area contributed by atoms with Gasteiger partial charge in [0.15, 0.2) is 5.82 Å². The van der Waals surface area contributed by atoms with E-state index in [1.807, 2.05) is 0 Å². The van der Waals surface area contributed by atoms with Crippen LogP contribution in [0.15, 0.2) is 24.3 Å². The van der Waals surface area contributed by atoms with Crippen LogP contribution in [0.1, 0.15) is 25.6 Å². The molecule has 2 aromatic rings. The zero-order valence-corrected chi connectivity index (χ0v) is 11.1. The molecule has 106 valence electrons. The minimum absolute atomic E-state index is 0.0325. The van der Waals surface area contributed by atoms with Crippen LogP contribution in [0.25, 0.3) is 0 Å². The van der Waals surface area contributed by atoms with Crippen molar-refractivity contribution in [2.75, 3.05) is 0 Å². The van der Waals surface area contributed by atoms with E-state index in [1.165, 1.54) is 12.1 Å². The van der Waals surface area contributed by atoms with Crippen LogP contribution in [0.4, 0.5) is 5.69 Å². The van der Waals surface area contributed by atoms with Crippen molar-refractivity contribution in [3.05, 3.63) is 40.2 Å². The highest BCUT2D eigenvalue weighted by atomic mass is 16.6. The van der Waals surface area contributed by atoms with Gasteiger partial charge in [-0.2, -0.15) is 0 Å². The molecule has 8 heteroatoms. The molecule has 0 aliphatic rings. The first kappa shape index (κ1) is 13.9. The van der Waals surface area contributed by atoms with Gasteiger partial charge in [-0.3, -0.25) is 10.1 Å². The summed E-state index contributed by atoms with van der Waals surface area (Å²) in [5.41, 5.74) is 0.0325. The van der Waals surface area contributed by atoms with Gasteiger partial charge < -0.3 is 4.74 Å². The zero-order valence-electron chi connectivity index (χ0n) is 11.1. The van der Waals surface area contributed by atoms with Gasteiger partial charge in [0.1, 0.15) is 12.4 Å². The number of nitro groups is 1. The minimum atomic E-state index is -0.449. The standard InChI is InChI=1S/C12H15N5O3/c1-2-3-8-16-12(13-14-15-16)9-20-11-6-4-10(5-7-11)17(18)19/h4-7H,2-3,8-9H2,1H3. The number of non-ortho nitro benzene ring substituents is 1. The monoisotopic (exact) mass is 277 g/mol. The maximum absolute atomic E-state index is 10.5. The number of hydrogen-bond acceptors (Lipinski definition) is 6. The van der Waals surface area contributed by atoms with Gasteiger partial charge in [0.05, 0.1) is 4.92 Å². The Morgan fingerprint density at radius 2 is 2.10 bits per heavy atom. The summed E-state index contributed by atoms with van der Waals surface area (Å²) in [6.45, 7) is 3.08. The molecule has 0 radical (unpaired) electrons. The fourth-order valence-corrected chi connectivity index (χ4v) is 1.62. The molecule has 1 aromatic heterocycles. The first-order chi connectivity index (χ1) is 9.70. The Balaban J connectivity index is 1.94. The largest absolute Gasteiger partial charge is 0.486 e. The molecule has 0 aliphatic heterocycles. The van der Waals surface area contributed by atoms with Gasteiger partial charge >= 0.3 is 0 Å². The molecule has 0 unspecified atom stereocenters. The summed E-state index contributed by atoms with van der Waals surface area (Å²) in [6.07, 6.45) is 2.05. The Labute approximate surface area is 115 Å². The number of unbranched alkanes of at least 4 members (excludes halogenated alkanes) is 1. The number of tetrazole rings is 1. The second kappa shape index (κ2) is 6.60. The summed E-state index contributed by atoms with van der Waals surface area (Å²) in [5.74, 6) is 1.18. The van der Waals surface area contributed by atoms with Crippen molar-refractivity contribution in [3.63, 3.8) is 0 Å². The molecule has 0 saturated heterocycles. The van der Waals surface area contributed by atoms with Crippen molar-refractivity contribution in [1.29, 1.82) is 0 Å². The maximum Gasteiger partial charge on any atom is 0.269 e. The van der Waals surface area contributed by atoms with E-state index in [4.69, 9.17) is 4.74 Å². The van der Waals surface area contributed by atoms with Gasteiger partial charge in [-0.15, -0.1) is 5.10 Å². The van der Waals surface area contributed by atoms with Crippen LogP contribution in [0.3, 0.4) is 0 Å². The second-order valence-electron chi connectivity index (χ2n) is 4.21. The fourth-order valence-electron chi connectivity index (χ4n) is 1.62. The molecule has 0 atom stereocenters. The van der Waals surface area contributed by atoms with Gasteiger partial charge in [0.25, 0.3) is 5.69 Å². The van der Waals surface area contributed by atoms with E-state index < -0.39 is 4.92 Å². The van der Waals surface area contributed by atoms with Crippen molar-refractivity contribution in [3.8, 4) is 5.75 Å². The molecule has 2 rings (SSSR count). The third-order valence-corrected chi connectivity index (χ3v) is 2.75. The van der Waals surface area contributed by atoms with E-state index in [2.05, 4.69) is 22.4 Å². The molecular weight excluding hydrogens is 262 g/mol. The minimum Gasteiger partial charge on any atom is -0.486 e. The summed E-state index contributed by atoms with van der Waals surface area (Å²) in [7, 11) is 0. The van der Waals surface area contributed by atoms with E-state index in [9.17, 15) is 10.1 Å². The van der Waals surface area contributed by atoms with Crippen LogP contribution < -0.4 is 4.74 Å². The summed E-state index contributed by atoms with van der Waals surface area (Å²) < 4.78 is 7.22. The smallest absolute Gasteiger partial charge is 0.269 e. The average Bonchev–Trinajstić information content (AvgIpc) is 2.90. The summed E-state index contributed by atoms with van der Waals surface area (Å²) in [6, 6.07) is 5.90. The van der Waals surface area contributed by atoms with Crippen LogP contribution in [-0.2, 0) is 13.2 Å². The van der Waals surface area contributed by atoms with Gasteiger partial charge in [0.2, 0.25) is 0 Å². The molecule has 0 fully saturated rings. The Bertz CT molecular complexity index is 567. The van der Waals surface area contributed by atoms with Gasteiger partial charge in [-0.1, -0.05) is 13.3 Å². The molecule has 0 amide bonds. The van der Waals surface area contributed by atoms with Crippen LogP contribution in [-0.4, -0.2) is 25.1 Å². The van der Waals surface area contributed by atoms with Crippen LogP contribution in [0, 0.1) is 10.1 Å². The molecule has 0 saturated carbocycles. The third-order valence-electron chi connectivity index (χ3n) is 2.75. The number of aryl methyl sites for hydroxylation is 1. The molecule has 1 heterocycles. The average molecular weight is 277 g/mol. The quantitative estimate of drug-likeness (QED) is 0.567. The normalized spacial score (nSPS) is 10.4. The molecule has 0 N–H and O–H groups in total. The Kier molecular flexibility index (Phi) is 4.59. The van der Waals surface area contributed by atoms with Crippen molar-refractivity contribution in [1.82, 2.24) is 20.2 Å². The number of benzene rings is 1. The molecule has 8 nitrogen and oxygen atoms in total. The van der Waals surface area contributed by atoms with Crippen LogP contribution in [0.5, 0.6) is 5.75 Å². The predicted molar refractivity (Wildman–Crippen MR) is 70.2 cm³/mol. The second-order valence-corrected chi connectivity index (χ2v) is 4.21. The van der Waals surface area contributed by atoms with Gasteiger partial charge in [-0.05, 0) is 29.0 Å². The highest BCUT2D eigenvalue weighted by Gasteiger charge is 2.08. The molecule has 0 aliphatic carbocycles. The lowest BCUT2D eigenvalue weighted by Crippen LogP contribution is -2.09. The molecule has 0 bridgehead atoms. The Morgan fingerprint density at radius 3 is 2.75 bits per heavy atom. The van der Waals surface area contributed by atoms with E-state index in [0.29, 0.717) is 11.6 Å². The molecule has 20 heavy (non-hydrogen) atoms. The van der Waals surface area contributed by atoms with Gasteiger partial charge in [0, 0.05) is 18.7 Å².